The number of hydrogen-bond donors (Lipinski definition) is 0. The molecule has 2 aromatic carbocycles. The minimum Gasteiger partial charge on any atom is -0.298 e. The second kappa shape index (κ2) is 6.40. The summed E-state index contributed by atoms with van der Waals surface area (Å²) in [6, 6.07) is 16.7. The number of halogens is 1. The third kappa shape index (κ3) is 3.34. The van der Waals surface area contributed by atoms with Gasteiger partial charge >= 0.3 is 0 Å². The lowest BCUT2D eigenvalue weighted by molar-refractivity contribution is 0.00652. The molecule has 0 atom stereocenters. The van der Waals surface area contributed by atoms with Gasteiger partial charge in [0.15, 0.2) is 0 Å². The van der Waals surface area contributed by atoms with E-state index in [4.69, 9.17) is 11.6 Å². The zero-order valence-electron chi connectivity index (χ0n) is 13.9. The third-order valence-corrected chi connectivity index (χ3v) is 7.29. The Morgan fingerprint density at radius 1 is 1.00 bits per heavy atom. The van der Waals surface area contributed by atoms with Crippen LogP contribution in [-0.4, -0.2) is 43.8 Å². The Morgan fingerprint density at radius 3 is 2.48 bits per heavy atom. The van der Waals surface area contributed by atoms with E-state index in [-0.39, 0.29) is 5.41 Å². The molecule has 2 saturated heterocycles. The average Bonchev–Trinajstić information content (AvgIpc) is 3.02. The molecule has 2 aliphatic heterocycles. The Hall–Kier alpha value is -1.40. The molecule has 2 heterocycles. The SMILES string of the molecule is O=S(=O)(c1ccccc1)N1CCC2(CN(Cc3cccc(Cl)c3)C2)C1. The monoisotopic (exact) mass is 376 g/mol. The number of likely N-dealkylation sites (tertiary alicyclic amines) is 1. The van der Waals surface area contributed by atoms with Crippen LogP contribution in [-0.2, 0) is 16.6 Å². The van der Waals surface area contributed by atoms with Crippen molar-refractivity contribution in [1.29, 1.82) is 0 Å². The molecule has 0 aromatic heterocycles. The molecule has 4 nitrogen and oxygen atoms in total. The number of sulfonamides is 1. The Bertz CT molecular complexity index is 864. The summed E-state index contributed by atoms with van der Waals surface area (Å²) in [4.78, 5) is 2.76. The summed E-state index contributed by atoms with van der Waals surface area (Å²) in [6.45, 7) is 3.99. The smallest absolute Gasteiger partial charge is 0.243 e. The lowest BCUT2D eigenvalue weighted by Gasteiger charge is -2.48. The highest BCUT2D eigenvalue weighted by Gasteiger charge is 2.50. The largest absolute Gasteiger partial charge is 0.298 e. The summed E-state index contributed by atoms with van der Waals surface area (Å²) >= 11 is 6.05. The highest BCUT2D eigenvalue weighted by Crippen LogP contribution is 2.42. The van der Waals surface area contributed by atoms with Crippen LogP contribution in [0, 0.1) is 5.41 Å². The first-order chi connectivity index (χ1) is 12.0. The van der Waals surface area contributed by atoms with E-state index < -0.39 is 10.0 Å². The third-order valence-electron chi connectivity index (χ3n) is 5.20. The fraction of sp³-hybridized carbons (Fsp3) is 0.368. The van der Waals surface area contributed by atoms with Gasteiger partial charge in [-0.15, -0.1) is 0 Å². The topological polar surface area (TPSA) is 40.6 Å². The molecular formula is C19H21ClN2O2S. The maximum absolute atomic E-state index is 12.8. The van der Waals surface area contributed by atoms with Crippen LogP contribution in [0.15, 0.2) is 59.5 Å². The Labute approximate surface area is 154 Å². The lowest BCUT2D eigenvalue weighted by Crippen LogP contribution is -2.57. The fourth-order valence-corrected chi connectivity index (χ4v) is 5.79. The Kier molecular flexibility index (Phi) is 4.36. The maximum Gasteiger partial charge on any atom is 0.243 e. The van der Waals surface area contributed by atoms with Crippen LogP contribution in [0.5, 0.6) is 0 Å². The van der Waals surface area contributed by atoms with E-state index >= 15 is 0 Å². The molecule has 0 unspecified atom stereocenters. The predicted octanol–water partition coefficient (Wildman–Crippen LogP) is 3.24. The van der Waals surface area contributed by atoms with Crippen molar-refractivity contribution in [2.75, 3.05) is 26.2 Å². The minimum absolute atomic E-state index is 0.112. The molecule has 2 aliphatic rings. The van der Waals surface area contributed by atoms with Crippen LogP contribution >= 0.6 is 11.6 Å². The Morgan fingerprint density at radius 2 is 1.76 bits per heavy atom. The van der Waals surface area contributed by atoms with Gasteiger partial charge in [0, 0.05) is 43.2 Å². The van der Waals surface area contributed by atoms with Gasteiger partial charge in [0.05, 0.1) is 4.90 Å². The van der Waals surface area contributed by atoms with Crippen LogP contribution in [0.25, 0.3) is 0 Å². The number of hydrogen-bond acceptors (Lipinski definition) is 3. The van der Waals surface area contributed by atoms with Crippen molar-refractivity contribution in [2.45, 2.75) is 17.9 Å². The van der Waals surface area contributed by atoms with E-state index in [1.54, 1.807) is 28.6 Å². The van der Waals surface area contributed by atoms with Gasteiger partial charge in [-0.05, 0) is 36.2 Å². The summed E-state index contributed by atoms with van der Waals surface area (Å²) in [6.07, 6.45) is 0.936. The lowest BCUT2D eigenvalue weighted by atomic mass is 9.79. The van der Waals surface area contributed by atoms with E-state index in [9.17, 15) is 8.42 Å². The zero-order chi connectivity index (χ0) is 17.5. The van der Waals surface area contributed by atoms with Gasteiger partial charge in [-0.1, -0.05) is 41.9 Å². The van der Waals surface area contributed by atoms with Gasteiger partial charge in [-0.3, -0.25) is 4.90 Å². The second-order valence-corrected chi connectivity index (χ2v) is 9.55. The van der Waals surface area contributed by atoms with Crippen LogP contribution < -0.4 is 0 Å². The van der Waals surface area contributed by atoms with Gasteiger partial charge in [-0.2, -0.15) is 4.31 Å². The summed E-state index contributed by atoms with van der Waals surface area (Å²) < 4.78 is 27.2. The van der Waals surface area contributed by atoms with E-state index in [1.807, 2.05) is 24.3 Å². The molecule has 0 N–H and O–H groups in total. The molecule has 0 amide bonds. The molecule has 6 heteroatoms. The first-order valence-corrected chi connectivity index (χ1v) is 10.3. The molecule has 4 rings (SSSR count). The highest BCUT2D eigenvalue weighted by atomic mass is 35.5. The summed E-state index contributed by atoms with van der Waals surface area (Å²) in [5.74, 6) is 0. The summed E-state index contributed by atoms with van der Waals surface area (Å²) in [5, 5.41) is 0.758. The van der Waals surface area contributed by atoms with Crippen molar-refractivity contribution in [2.24, 2.45) is 5.41 Å². The fourth-order valence-electron chi connectivity index (χ4n) is 4.01. The van der Waals surface area contributed by atoms with Crippen LogP contribution in [0.1, 0.15) is 12.0 Å². The molecule has 132 valence electrons. The van der Waals surface area contributed by atoms with Crippen molar-refractivity contribution in [3.8, 4) is 0 Å². The van der Waals surface area contributed by atoms with Gasteiger partial charge in [0.1, 0.15) is 0 Å². The Balaban J connectivity index is 1.39. The highest BCUT2D eigenvalue weighted by molar-refractivity contribution is 7.89. The molecular weight excluding hydrogens is 356 g/mol. The molecule has 2 aromatic rings. The van der Waals surface area contributed by atoms with Gasteiger partial charge < -0.3 is 0 Å². The number of rotatable bonds is 4. The van der Waals surface area contributed by atoms with Crippen molar-refractivity contribution in [3.63, 3.8) is 0 Å². The van der Waals surface area contributed by atoms with Crippen molar-refractivity contribution in [3.05, 3.63) is 65.2 Å². The maximum atomic E-state index is 12.8. The predicted molar refractivity (Wildman–Crippen MR) is 99.0 cm³/mol. The van der Waals surface area contributed by atoms with Gasteiger partial charge in [0.2, 0.25) is 10.0 Å². The molecule has 0 bridgehead atoms. The van der Waals surface area contributed by atoms with Crippen LogP contribution in [0.4, 0.5) is 0 Å². The standard InChI is InChI=1S/C19H21ClN2O2S/c20-17-6-4-5-16(11-17)12-21-13-19(14-21)9-10-22(15-19)25(23,24)18-7-2-1-3-8-18/h1-8,11H,9-10,12-15H2. The van der Waals surface area contributed by atoms with Crippen LogP contribution in [0.2, 0.25) is 5.02 Å². The first-order valence-electron chi connectivity index (χ1n) is 8.49. The van der Waals surface area contributed by atoms with E-state index in [2.05, 4.69) is 11.0 Å². The van der Waals surface area contributed by atoms with E-state index in [0.29, 0.717) is 18.0 Å². The molecule has 0 radical (unpaired) electrons. The van der Waals surface area contributed by atoms with Crippen molar-refractivity contribution in [1.82, 2.24) is 9.21 Å². The molecule has 0 saturated carbocycles. The molecule has 25 heavy (non-hydrogen) atoms. The molecule has 1 spiro atoms. The van der Waals surface area contributed by atoms with Gasteiger partial charge in [0.25, 0.3) is 0 Å². The van der Waals surface area contributed by atoms with E-state index in [0.717, 1.165) is 31.1 Å². The normalized spacial score (nSPS) is 20.7. The molecule has 2 fully saturated rings. The van der Waals surface area contributed by atoms with Crippen molar-refractivity contribution < 1.29 is 8.42 Å². The summed E-state index contributed by atoms with van der Waals surface area (Å²) in [5.41, 5.74) is 1.31. The quantitative estimate of drug-likeness (QED) is 0.822. The second-order valence-electron chi connectivity index (χ2n) is 7.18. The van der Waals surface area contributed by atoms with Crippen LogP contribution in [0.3, 0.4) is 0 Å². The van der Waals surface area contributed by atoms with Gasteiger partial charge in [-0.25, -0.2) is 8.42 Å². The van der Waals surface area contributed by atoms with E-state index in [1.165, 1.54) is 5.56 Å². The molecule has 0 aliphatic carbocycles. The zero-order valence-corrected chi connectivity index (χ0v) is 15.5. The summed E-state index contributed by atoms with van der Waals surface area (Å²) in [7, 11) is -3.37. The van der Waals surface area contributed by atoms with Crippen molar-refractivity contribution >= 4 is 21.6 Å². The minimum atomic E-state index is -3.37. The first kappa shape index (κ1) is 17.0. The number of nitrogens with zero attached hydrogens (tertiary/aromatic N) is 2. The average molecular weight is 377 g/mol. The number of benzene rings is 2.